The number of aryl methyl sites for hydroxylation is 1. The minimum atomic E-state index is -0.972. The van der Waals surface area contributed by atoms with Crippen molar-refractivity contribution in [3.8, 4) is 5.69 Å². The molecule has 0 spiro atoms. The number of benzene rings is 2. The van der Waals surface area contributed by atoms with Crippen molar-refractivity contribution in [3.05, 3.63) is 81.8 Å². The second-order valence-corrected chi connectivity index (χ2v) is 7.19. The standard InChI is InChI=1S/C20H19BrFN3O2/c1-12-11-18(24-25(12)15-9-7-14(21)8-10-15)20(27)23-19(13(2)26)16-5-3-4-6-17(16)22/h3-11,13,19,26H,1-2H3,(H,23,27). The van der Waals surface area contributed by atoms with Crippen molar-refractivity contribution in [1.82, 2.24) is 15.1 Å². The molecule has 0 saturated heterocycles. The maximum Gasteiger partial charge on any atom is 0.272 e. The molecule has 0 saturated carbocycles. The number of carbonyl (C=O) groups is 1. The van der Waals surface area contributed by atoms with Gasteiger partial charge in [0.05, 0.1) is 17.8 Å². The average Bonchev–Trinajstić information content (AvgIpc) is 3.02. The van der Waals surface area contributed by atoms with Crippen LogP contribution in [-0.2, 0) is 0 Å². The van der Waals surface area contributed by atoms with E-state index in [0.29, 0.717) is 0 Å². The Morgan fingerprint density at radius 3 is 2.52 bits per heavy atom. The molecule has 1 aromatic heterocycles. The van der Waals surface area contributed by atoms with E-state index in [2.05, 4.69) is 26.3 Å². The van der Waals surface area contributed by atoms with Crippen LogP contribution in [0.2, 0.25) is 0 Å². The topological polar surface area (TPSA) is 67.2 Å². The molecule has 0 aliphatic carbocycles. The monoisotopic (exact) mass is 431 g/mol. The largest absolute Gasteiger partial charge is 0.391 e. The van der Waals surface area contributed by atoms with Crippen molar-refractivity contribution in [2.24, 2.45) is 0 Å². The number of rotatable bonds is 5. The van der Waals surface area contributed by atoms with Crippen LogP contribution < -0.4 is 5.32 Å². The van der Waals surface area contributed by atoms with Gasteiger partial charge in [0.1, 0.15) is 5.82 Å². The van der Waals surface area contributed by atoms with E-state index >= 15 is 0 Å². The Labute approximate surface area is 165 Å². The number of carbonyl (C=O) groups excluding carboxylic acids is 1. The molecule has 0 fully saturated rings. The summed E-state index contributed by atoms with van der Waals surface area (Å²) in [6, 6.07) is 14.4. The fourth-order valence-corrected chi connectivity index (χ4v) is 3.09. The number of halogens is 2. The molecule has 7 heteroatoms. The summed E-state index contributed by atoms with van der Waals surface area (Å²) in [7, 11) is 0. The predicted molar refractivity (Wildman–Crippen MR) is 104 cm³/mol. The maximum atomic E-state index is 14.1. The molecule has 1 amide bonds. The fraction of sp³-hybridized carbons (Fsp3) is 0.200. The van der Waals surface area contributed by atoms with Gasteiger partial charge in [0.2, 0.25) is 0 Å². The van der Waals surface area contributed by atoms with Gasteiger partial charge in [0, 0.05) is 15.7 Å². The Bertz CT molecular complexity index is 954. The van der Waals surface area contributed by atoms with Crippen LogP contribution >= 0.6 is 15.9 Å². The molecule has 140 valence electrons. The van der Waals surface area contributed by atoms with Gasteiger partial charge in [-0.25, -0.2) is 9.07 Å². The first-order valence-corrected chi connectivity index (χ1v) is 9.22. The second-order valence-electron chi connectivity index (χ2n) is 6.27. The van der Waals surface area contributed by atoms with Gasteiger partial charge in [-0.2, -0.15) is 5.10 Å². The summed E-state index contributed by atoms with van der Waals surface area (Å²) in [6.07, 6.45) is -0.972. The van der Waals surface area contributed by atoms with Crippen molar-refractivity contribution in [2.45, 2.75) is 26.0 Å². The maximum absolute atomic E-state index is 14.1. The third-order valence-electron chi connectivity index (χ3n) is 4.20. The van der Waals surface area contributed by atoms with Crippen molar-refractivity contribution < 1.29 is 14.3 Å². The highest BCUT2D eigenvalue weighted by atomic mass is 79.9. The molecule has 0 radical (unpaired) electrons. The molecule has 5 nitrogen and oxygen atoms in total. The van der Waals surface area contributed by atoms with Gasteiger partial charge in [-0.3, -0.25) is 4.79 Å². The summed E-state index contributed by atoms with van der Waals surface area (Å²) in [5.41, 5.74) is 2.01. The van der Waals surface area contributed by atoms with Crippen molar-refractivity contribution in [2.75, 3.05) is 0 Å². The van der Waals surface area contributed by atoms with E-state index in [4.69, 9.17) is 0 Å². The lowest BCUT2D eigenvalue weighted by Crippen LogP contribution is -2.35. The van der Waals surface area contributed by atoms with Crippen LogP contribution in [0.1, 0.15) is 34.7 Å². The highest BCUT2D eigenvalue weighted by Crippen LogP contribution is 2.21. The fourth-order valence-electron chi connectivity index (χ4n) is 2.83. The zero-order valence-corrected chi connectivity index (χ0v) is 16.4. The van der Waals surface area contributed by atoms with Crippen LogP contribution in [0.4, 0.5) is 4.39 Å². The minimum Gasteiger partial charge on any atom is -0.391 e. The molecule has 27 heavy (non-hydrogen) atoms. The first kappa shape index (κ1) is 19.3. The van der Waals surface area contributed by atoms with Gasteiger partial charge in [-0.15, -0.1) is 0 Å². The molecule has 0 bridgehead atoms. The molecular formula is C20H19BrFN3O2. The van der Waals surface area contributed by atoms with E-state index in [9.17, 15) is 14.3 Å². The van der Waals surface area contributed by atoms with Gasteiger partial charge >= 0.3 is 0 Å². The number of aliphatic hydroxyl groups excluding tert-OH is 1. The quantitative estimate of drug-likeness (QED) is 0.642. The van der Waals surface area contributed by atoms with Crippen molar-refractivity contribution in [1.29, 1.82) is 0 Å². The number of amides is 1. The molecule has 1 heterocycles. The third kappa shape index (κ3) is 4.26. The van der Waals surface area contributed by atoms with E-state index < -0.39 is 23.9 Å². The first-order chi connectivity index (χ1) is 12.9. The number of aliphatic hydroxyl groups is 1. The van der Waals surface area contributed by atoms with E-state index in [1.54, 1.807) is 28.9 Å². The smallest absolute Gasteiger partial charge is 0.272 e. The zero-order chi connectivity index (χ0) is 19.6. The van der Waals surface area contributed by atoms with Crippen LogP contribution in [-0.4, -0.2) is 26.9 Å². The lowest BCUT2D eigenvalue weighted by atomic mass is 10.0. The number of hydrogen-bond acceptors (Lipinski definition) is 3. The summed E-state index contributed by atoms with van der Waals surface area (Å²) in [5, 5.41) is 17.1. The van der Waals surface area contributed by atoms with Gasteiger partial charge < -0.3 is 10.4 Å². The lowest BCUT2D eigenvalue weighted by Gasteiger charge is -2.22. The summed E-state index contributed by atoms with van der Waals surface area (Å²) < 4.78 is 16.7. The Balaban J connectivity index is 1.86. The van der Waals surface area contributed by atoms with Gasteiger partial charge in [0.25, 0.3) is 5.91 Å². The minimum absolute atomic E-state index is 0.192. The predicted octanol–water partition coefficient (Wildman–Crippen LogP) is 3.93. The summed E-state index contributed by atoms with van der Waals surface area (Å²) >= 11 is 3.39. The van der Waals surface area contributed by atoms with Gasteiger partial charge in [-0.05, 0) is 50.2 Å². The van der Waals surface area contributed by atoms with Gasteiger partial charge in [-0.1, -0.05) is 34.1 Å². The highest BCUT2D eigenvalue weighted by Gasteiger charge is 2.24. The molecule has 3 aromatic rings. The van der Waals surface area contributed by atoms with Crippen LogP contribution in [0.25, 0.3) is 5.69 Å². The van der Waals surface area contributed by atoms with Crippen LogP contribution in [0.5, 0.6) is 0 Å². The Morgan fingerprint density at radius 1 is 1.22 bits per heavy atom. The van der Waals surface area contributed by atoms with E-state index in [0.717, 1.165) is 15.9 Å². The summed E-state index contributed by atoms with van der Waals surface area (Å²) in [4.78, 5) is 12.7. The van der Waals surface area contributed by atoms with Crippen molar-refractivity contribution in [3.63, 3.8) is 0 Å². The van der Waals surface area contributed by atoms with Crippen LogP contribution in [0.3, 0.4) is 0 Å². The highest BCUT2D eigenvalue weighted by molar-refractivity contribution is 9.10. The van der Waals surface area contributed by atoms with Crippen LogP contribution in [0.15, 0.2) is 59.1 Å². The van der Waals surface area contributed by atoms with Crippen LogP contribution in [0, 0.1) is 12.7 Å². The molecule has 2 unspecified atom stereocenters. The van der Waals surface area contributed by atoms with E-state index in [1.165, 1.54) is 13.0 Å². The van der Waals surface area contributed by atoms with E-state index in [1.807, 2.05) is 31.2 Å². The number of nitrogens with one attached hydrogen (secondary N) is 1. The molecule has 3 rings (SSSR count). The normalized spacial score (nSPS) is 13.2. The number of aromatic nitrogens is 2. The van der Waals surface area contributed by atoms with Gasteiger partial charge in [0.15, 0.2) is 5.69 Å². The van der Waals surface area contributed by atoms with Crippen molar-refractivity contribution >= 4 is 21.8 Å². The molecule has 2 atom stereocenters. The Kier molecular flexibility index (Phi) is 5.72. The zero-order valence-electron chi connectivity index (χ0n) is 14.9. The molecule has 2 aromatic carbocycles. The molecular weight excluding hydrogens is 413 g/mol. The Morgan fingerprint density at radius 2 is 1.89 bits per heavy atom. The lowest BCUT2D eigenvalue weighted by molar-refractivity contribution is 0.0850. The Hall–Kier alpha value is -2.51. The second kappa shape index (κ2) is 8.02. The average molecular weight is 432 g/mol. The molecule has 0 aliphatic heterocycles. The summed E-state index contributed by atoms with van der Waals surface area (Å²) in [6.45, 7) is 3.35. The molecule has 2 N–H and O–H groups in total. The SMILES string of the molecule is Cc1cc(C(=O)NC(c2ccccc2F)C(C)O)nn1-c1ccc(Br)cc1. The third-order valence-corrected chi connectivity index (χ3v) is 4.73. The summed E-state index contributed by atoms with van der Waals surface area (Å²) in [5.74, 6) is -0.969. The molecule has 0 aliphatic rings. The number of hydrogen-bond donors (Lipinski definition) is 2. The number of nitrogens with zero attached hydrogens (tertiary/aromatic N) is 2. The first-order valence-electron chi connectivity index (χ1n) is 8.43. The van der Waals surface area contributed by atoms with E-state index in [-0.39, 0.29) is 11.3 Å².